The van der Waals surface area contributed by atoms with Gasteiger partial charge >= 0.3 is 11.9 Å². The fraction of sp³-hybridized carbons (Fsp3) is 0.318. The zero-order chi connectivity index (χ0) is 20.4. The zero-order valence-electron chi connectivity index (χ0n) is 16.0. The summed E-state index contributed by atoms with van der Waals surface area (Å²) < 4.78 is 10.2. The molecule has 1 atom stereocenters. The number of thioether (sulfide) groups is 1. The third-order valence-electron chi connectivity index (χ3n) is 4.07. The van der Waals surface area contributed by atoms with Gasteiger partial charge in [-0.25, -0.2) is 0 Å². The Morgan fingerprint density at radius 1 is 0.821 bits per heavy atom. The first-order valence-corrected chi connectivity index (χ1v) is 10.0. The maximum atomic E-state index is 12.7. The number of ether oxygens (including phenoxy) is 2. The smallest absolute Gasteiger partial charge is 0.320 e. The molecular weight excluding hydrogens is 376 g/mol. The summed E-state index contributed by atoms with van der Waals surface area (Å²) in [5, 5.41) is -0.140. The van der Waals surface area contributed by atoms with Crippen molar-refractivity contribution < 1.29 is 23.9 Å². The van der Waals surface area contributed by atoms with E-state index in [-0.39, 0.29) is 24.7 Å². The van der Waals surface area contributed by atoms with E-state index in [1.807, 2.05) is 48.5 Å². The van der Waals surface area contributed by atoms with Crippen LogP contribution in [0, 0.1) is 5.92 Å². The van der Waals surface area contributed by atoms with Crippen LogP contribution in [0.3, 0.4) is 0 Å². The normalized spacial score (nSPS) is 11.7. The van der Waals surface area contributed by atoms with Crippen LogP contribution in [0.2, 0.25) is 0 Å². The fourth-order valence-corrected chi connectivity index (χ4v) is 3.68. The van der Waals surface area contributed by atoms with Crippen LogP contribution in [0.1, 0.15) is 31.7 Å². The molecule has 0 radical (unpaired) electrons. The Balaban J connectivity index is 2.31. The van der Waals surface area contributed by atoms with E-state index in [2.05, 4.69) is 0 Å². The molecule has 28 heavy (non-hydrogen) atoms. The van der Waals surface area contributed by atoms with Crippen LogP contribution in [-0.2, 0) is 23.9 Å². The lowest BCUT2D eigenvalue weighted by atomic mass is 9.83. The molecule has 2 aromatic rings. The molecule has 0 aromatic heterocycles. The highest BCUT2D eigenvalue weighted by atomic mass is 32.2. The van der Waals surface area contributed by atoms with Gasteiger partial charge in [-0.1, -0.05) is 60.3 Å². The number of hydrogen-bond donors (Lipinski definition) is 0. The third-order valence-corrected chi connectivity index (χ3v) is 4.97. The van der Waals surface area contributed by atoms with Crippen molar-refractivity contribution in [3.8, 4) is 0 Å². The summed E-state index contributed by atoms with van der Waals surface area (Å²) >= 11 is 1.09. The molecule has 0 heterocycles. The Labute approximate surface area is 169 Å². The number of rotatable bonds is 9. The Bertz CT molecular complexity index is 758. The van der Waals surface area contributed by atoms with Crippen LogP contribution < -0.4 is 0 Å². The fourth-order valence-electron chi connectivity index (χ4n) is 2.86. The van der Waals surface area contributed by atoms with Crippen molar-refractivity contribution in [1.29, 1.82) is 0 Å². The highest BCUT2D eigenvalue weighted by Gasteiger charge is 2.39. The molecular formula is C22H24O5S. The molecule has 148 valence electrons. The Morgan fingerprint density at radius 2 is 1.32 bits per heavy atom. The molecule has 6 heteroatoms. The van der Waals surface area contributed by atoms with Gasteiger partial charge in [0.15, 0.2) is 11.0 Å². The lowest BCUT2D eigenvalue weighted by molar-refractivity contribution is -0.162. The topological polar surface area (TPSA) is 69.7 Å². The lowest BCUT2D eigenvalue weighted by Gasteiger charge is -2.24. The second-order valence-electron chi connectivity index (χ2n) is 5.99. The van der Waals surface area contributed by atoms with E-state index in [1.54, 1.807) is 26.0 Å². The van der Waals surface area contributed by atoms with Crippen molar-refractivity contribution in [2.75, 3.05) is 13.2 Å². The lowest BCUT2D eigenvalue weighted by Crippen LogP contribution is -2.34. The Morgan fingerprint density at radius 3 is 1.82 bits per heavy atom. The second-order valence-corrected chi connectivity index (χ2v) is 7.12. The van der Waals surface area contributed by atoms with Crippen molar-refractivity contribution in [3.05, 3.63) is 66.2 Å². The summed E-state index contributed by atoms with van der Waals surface area (Å²) in [6, 6.07) is 18.3. The Kier molecular flexibility index (Phi) is 8.75. The molecule has 5 nitrogen and oxygen atoms in total. The molecule has 0 bridgehead atoms. The Hall–Kier alpha value is -2.60. The van der Waals surface area contributed by atoms with Gasteiger partial charge in [-0.05, 0) is 31.5 Å². The molecule has 2 aromatic carbocycles. The maximum absolute atomic E-state index is 12.7. The molecule has 0 spiro atoms. The van der Waals surface area contributed by atoms with E-state index in [4.69, 9.17) is 9.47 Å². The van der Waals surface area contributed by atoms with Gasteiger partial charge in [0.05, 0.1) is 13.2 Å². The minimum atomic E-state index is -1.19. The molecule has 0 fully saturated rings. The summed E-state index contributed by atoms with van der Waals surface area (Å²) in [6.07, 6.45) is 0.00582. The summed E-state index contributed by atoms with van der Waals surface area (Å²) in [5.41, 5.74) is 0.718. The molecule has 0 amide bonds. The van der Waals surface area contributed by atoms with Crippen molar-refractivity contribution in [2.24, 2.45) is 5.92 Å². The quantitative estimate of drug-likeness (QED) is 0.357. The van der Waals surface area contributed by atoms with E-state index < -0.39 is 23.8 Å². The van der Waals surface area contributed by atoms with Crippen LogP contribution in [0.5, 0.6) is 0 Å². The standard InChI is InChI=1S/C22H24O5S/c1-3-26-21(24)20(22(25)27-4-2)18(16-11-7-5-8-12-16)15-19(23)28-17-13-9-6-10-14-17/h5-14,18,20H,3-4,15H2,1-2H3. The van der Waals surface area contributed by atoms with Crippen molar-refractivity contribution in [1.82, 2.24) is 0 Å². The van der Waals surface area contributed by atoms with Gasteiger partial charge in [0.25, 0.3) is 0 Å². The van der Waals surface area contributed by atoms with Crippen molar-refractivity contribution in [2.45, 2.75) is 31.1 Å². The van der Waals surface area contributed by atoms with E-state index >= 15 is 0 Å². The minimum Gasteiger partial charge on any atom is -0.465 e. The van der Waals surface area contributed by atoms with E-state index in [1.165, 1.54) is 0 Å². The van der Waals surface area contributed by atoms with Crippen molar-refractivity contribution in [3.63, 3.8) is 0 Å². The predicted molar refractivity (Wildman–Crippen MR) is 108 cm³/mol. The molecule has 0 saturated carbocycles. The van der Waals surface area contributed by atoms with E-state index in [0.717, 1.165) is 22.2 Å². The number of carbonyl (C=O) groups is 3. The zero-order valence-corrected chi connectivity index (χ0v) is 16.8. The molecule has 2 rings (SSSR count). The SMILES string of the molecule is CCOC(=O)C(C(=O)OCC)C(CC(=O)Sc1ccccc1)c1ccccc1. The van der Waals surface area contributed by atoms with Gasteiger partial charge in [0.2, 0.25) is 0 Å². The van der Waals surface area contributed by atoms with E-state index in [0.29, 0.717) is 0 Å². The largest absolute Gasteiger partial charge is 0.465 e. The van der Waals surface area contributed by atoms with Gasteiger partial charge in [-0.3, -0.25) is 14.4 Å². The highest BCUT2D eigenvalue weighted by Crippen LogP contribution is 2.34. The number of carbonyl (C=O) groups excluding carboxylic acids is 3. The first-order valence-electron chi connectivity index (χ1n) is 9.20. The summed E-state index contributed by atoms with van der Waals surface area (Å²) in [4.78, 5) is 38.7. The van der Waals surface area contributed by atoms with Gasteiger partial charge in [-0.15, -0.1) is 0 Å². The second kappa shape index (κ2) is 11.3. The first kappa shape index (κ1) is 21.7. The number of benzene rings is 2. The monoisotopic (exact) mass is 400 g/mol. The van der Waals surface area contributed by atoms with E-state index in [9.17, 15) is 14.4 Å². The summed E-state index contributed by atoms with van der Waals surface area (Å²) in [7, 11) is 0. The number of hydrogen-bond acceptors (Lipinski definition) is 6. The molecule has 0 saturated heterocycles. The minimum absolute atomic E-state index is 0.00582. The van der Waals surface area contributed by atoms with Gasteiger partial charge in [0, 0.05) is 17.2 Å². The van der Waals surface area contributed by atoms with Crippen LogP contribution in [0.15, 0.2) is 65.6 Å². The van der Waals surface area contributed by atoms with Crippen LogP contribution in [0.25, 0.3) is 0 Å². The molecule has 0 aliphatic heterocycles. The molecule has 0 aliphatic carbocycles. The van der Waals surface area contributed by atoms with Crippen LogP contribution in [0.4, 0.5) is 0 Å². The molecule has 1 unspecified atom stereocenters. The summed E-state index contributed by atoms with van der Waals surface area (Å²) in [6.45, 7) is 3.63. The maximum Gasteiger partial charge on any atom is 0.320 e. The molecule has 0 N–H and O–H groups in total. The number of esters is 2. The van der Waals surface area contributed by atoms with Crippen LogP contribution in [-0.4, -0.2) is 30.3 Å². The molecule has 0 aliphatic rings. The average molecular weight is 400 g/mol. The van der Waals surface area contributed by atoms with Crippen LogP contribution >= 0.6 is 11.8 Å². The summed E-state index contributed by atoms with van der Waals surface area (Å²) in [5.74, 6) is -3.20. The average Bonchev–Trinajstić information content (AvgIpc) is 2.69. The predicted octanol–water partition coefficient (Wildman–Crippen LogP) is 4.22. The first-order chi connectivity index (χ1) is 13.6. The third kappa shape index (κ3) is 6.23. The highest BCUT2D eigenvalue weighted by molar-refractivity contribution is 8.13. The van der Waals surface area contributed by atoms with Gasteiger partial charge in [-0.2, -0.15) is 0 Å². The van der Waals surface area contributed by atoms with Crippen molar-refractivity contribution >= 4 is 28.8 Å². The van der Waals surface area contributed by atoms with Gasteiger partial charge < -0.3 is 9.47 Å². The van der Waals surface area contributed by atoms with Gasteiger partial charge in [0.1, 0.15) is 0 Å².